The van der Waals surface area contributed by atoms with Gasteiger partial charge in [-0.05, 0) is 48.8 Å². The van der Waals surface area contributed by atoms with E-state index in [0.29, 0.717) is 26.3 Å². The minimum absolute atomic E-state index is 0.0813. The van der Waals surface area contributed by atoms with E-state index in [9.17, 15) is 14.9 Å². The molecular formula is C28H27N5O3S2. The average molecular weight is 546 g/mol. The number of aromatic nitrogens is 1. The normalized spacial score (nSPS) is 13.0. The number of carbonyl (C=O) groups is 2. The molecule has 194 valence electrons. The molecule has 1 aliphatic carbocycles. The molecule has 4 aromatic rings. The van der Waals surface area contributed by atoms with Crippen LogP contribution in [0.4, 0.5) is 16.5 Å². The number of esters is 1. The number of nitriles is 1. The second-order valence-electron chi connectivity index (χ2n) is 9.15. The highest BCUT2D eigenvalue weighted by molar-refractivity contribution is 7.21. The van der Waals surface area contributed by atoms with Crippen LogP contribution in [-0.2, 0) is 24.0 Å². The summed E-state index contributed by atoms with van der Waals surface area (Å²) in [7, 11) is 1.34. The number of aryl methyl sites for hydroxylation is 2. The van der Waals surface area contributed by atoms with Gasteiger partial charge in [-0.2, -0.15) is 5.26 Å². The van der Waals surface area contributed by atoms with Crippen molar-refractivity contribution < 1.29 is 14.3 Å². The summed E-state index contributed by atoms with van der Waals surface area (Å²) in [5.41, 5.74) is 17.0. The molecule has 1 aromatic carbocycles. The molecule has 0 bridgehead atoms. The highest BCUT2D eigenvalue weighted by atomic mass is 32.1. The van der Waals surface area contributed by atoms with Crippen LogP contribution in [0.3, 0.4) is 0 Å². The van der Waals surface area contributed by atoms with Crippen LogP contribution in [0, 0.1) is 11.3 Å². The van der Waals surface area contributed by atoms with Crippen molar-refractivity contribution in [3.05, 3.63) is 56.3 Å². The summed E-state index contributed by atoms with van der Waals surface area (Å²) in [6, 6.07) is 9.99. The maximum Gasteiger partial charge on any atom is 0.341 e. The predicted octanol–water partition coefficient (Wildman–Crippen LogP) is 5.93. The van der Waals surface area contributed by atoms with Crippen LogP contribution in [0.25, 0.3) is 21.3 Å². The second kappa shape index (κ2) is 10.4. The van der Waals surface area contributed by atoms with Gasteiger partial charge in [-0.3, -0.25) is 4.79 Å². The lowest BCUT2D eigenvalue weighted by Gasteiger charge is -2.10. The standard InChI is InChI=1S/C28H27N5O3S2/c1-3-14-9-11-15(12-10-14)19-17(13-29)24(31)32-27-21(19)22(30)23(38-27)25(34)33-26-20(28(35)36-2)16-7-5-4-6-8-18(16)37-26/h9-12H,3-8,30H2,1-2H3,(H2,31,32)(H,33,34). The summed E-state index contributed by atoms with van der Waals surface area (Å²) in [4.78, 5) is 32.5. The predicted molar refractivity (Wildman–Crippen MR) is 153 cm³/mol. The van der Waals surface area contributed by atoms with E-state index in [1.54, 1.807) is 0 Å². The van der Waals surface area contributed by atoms with Gasteiger partial charge in [-0.1, -0.05) is 37.6 Å². The third-order valence-corrected chi connectivity index (χ3v) is 9.22. The molecule has 1 aliphatic rings. The van der Waals surface area contributed by atoms with Gasteiger partial charge in [0.2, 0.25) is 0 Å². The summed E-state index contributed by atoms with van der Waals surface area (Å²) in [5.74, 6) is -0.830. The van der Waals surface area contributed by atoms with E-state index in [1.165, 1.54) is 18.4 Å². The molecule has 38 heavy (non-hydrogen) atoms. The van der Waals surface area contributed by atoms with Crippen molar-refractivity contribution in [2.24, 2.45) is 0 Å². The molecule has 3 heterocycles. The van der Waals surface area contributed by atoms with Crippen molar-refractivity contribution in [2.45, 2.75) is 45.4 Å². The molecule has 10 heteroatoms. The van der Waals surface area contributed by atoms with Crippen molar-refractivity contribution in [2.75, 3.05) is 23.9 Å². The van der Waals surface area contributed by atoms with Crippen LogP contribution in [0.5, 0.6) is 0 Å². The van der Waals surface area contributed by atoms with Crippen LogP contribution in [0.2, 0.25) is 0 Å². The molecule has 1 amide bonds. The highest BCUT2D eigenvalue weighted by Crippen LogP contribution is 2.44. The van der Waals surface area contributed by atoms with Crippen molar-refractivity contribution in [1.29, 1.82) is 5.26 Å². The van der Waals surface area contributed by atoms with Gasteiger partial charge in [0.25, 0.3) is 5.91 Å². The molecule has 0 fully saturated rings. The van der Waals surface area contributed by atoms with Crippen LogP contribution in [0.1, 0.15) is 67.8 Å². The van der Waals surface area contributed by atoms with Gasteiger partial charge in [0.15, 0.2) is 0 Å². The number of ether oxygens (including phenoxy) is 1. The largest absolute Gasteiger partial charge is 0.465 e. The number of benzene rings is 1. The molecule has 0 aliphatic heterocycles. The first-order valence-electron chi connectivity index (χ1n) is 12.4. The summed E-state index contributed by atoms with van der Waals surface area (Å²) < 4.78 is 5.06. The van der Waals surface area contributed by atoms with Crippen LogP contribution in [0.15, 0.2) is 24.3 Å². The number of thiophene rings is 2. The van der Waals surface area contributed by atoms with E-state index in [4.69, 9.17) is 16.2 Å². The van der Waals surface area contributed by atoms with Crippen molar-refractivity contribution in [3.63, 3.8) is 0 Å². The van der Waals surface area contributed by atoms with E-state index in [0.717, 1.165) is 71.4 Å². The molecule has 0 atom stereocenters. The molecule has 3 aromatic heterocycles. The molecule has 8 nitrogen and oxygen atoms in total. The van der Waals surface area contributed by atoms with E-state index in [-0.39, 0.29) is 21.9 Å². The number of nitrogens with two attached hydrogens (primary N) is 2. The number of amides is 1. The molecule has 0 spiro atoms. The fourth-order valence-corrected chi connectivity index (χ4v) is 7.24. The van der Waals surface area contributed by atoms with E-state index in [1.807, 2.05) is 24.3 Å². The Morgan fingerprint density at radius 1 is 1.13 bits per heavy atom. The smallest absolute Gasteiger partial charge is 0.341 e. The maximum absolute atomic E-state index is 13.6. The zero-order chi connectivity index (χ0) is 27.0. The fourth-order valence-electron chi connectivity index (χ4n) is 4.96. The molecular weight excluding hydrogens is 518 g/mol. The van der Waals surface area contributed by atoms with Crippen LogP contribution in [-0.4, -0.2) is 24.0 Å². The summed E-state index contributed by atoms with van der Waals surface area (Å²) in [6.45, 7) is 2.07. The zero-order valence-electron chi connectivity index (χ0n) is 21.1. The first-order chi connectivity index (χ1) is 18.4. The quantitative estimate of drug-likeness (QED) is 0.208. The molecule has 5 rings (SSSR count). The van der Waals surface area contributed by atoms with Gasteiger partial charge in [0.05, 0.1) is 18.4 Å². The highest BCUT2D eigenvalue weighted by Gasteiger charge is 2.29. The number of methoxy groups -OCH3 is 1. The first kappa shape index (κ1) is 25.7. The number of nitrogens with zero attached hydrogens (tertiary/aromatic N) is 2. The maximum atomic E-state index is 13.6. The molecule has 5 N–H and O–H groups in total. The SMILES string of the molecule is CCc1ccc(-c2c(C#N)c(N)nc3sc(C(=O)Nc4sc5c(c4C(=O)OC)CCCCC5)c(N)c23)cc1. The number of anilines is 3. The number of fused-ring (bicyclic) bond motifs is 2. The number of carbonyl (C=O) groups excluding carboxylic acids is 2. The van der Waals surface area contributed by atoms with Gasteiger partial charge in [-0.25, -0.2) is 9.78 Å². The number of nitrogen functional groups attached to an aromatic ring is 2. The number of hydrogen-bond donors (Lipinski definition) is 3. The molecule has 0 radical (unpaired) electrons. The molecule has 0 unspecified atom stereocenters. The molecule has 0 saturated heterocycles. The van der Waals surface area contributed by atoms with Crippen molar-refractivity contribution >= 4 is 61.3 Å². The van der Waals surface area contributed by atoms with Crippen molar-refractivity contribution in [1.82, 2.24) is 4.98 Å². The third-order valence-electron chi connectivity index (χ3n) is 6.91. The van der Waals surface area contributed by atoms with Gasteiger partial charge in [0.1, 0.15) is 32.2 Å². The van der Waals surface area contributed by atoms with Crippen LogP contribution >= 0.6 is 22.7 Å². The average Bonchev–Trinajstić information content (AvgIpc) is 3.33. The zero-order valence-corrected chi connectivity index (χ0v) is 22.8. The van der Waals surface area contributed by atoms with Gasteiger partial charge in [0, 0.05) is 15.8 Å². The monoisotopic (exact) mass is 545 g/mol. The third kappa shape index (κ3) is 4.38. The lowest BCUT2D eigenvalue weighted by Crippen LogP contribution is -2.14. The Bertz CT molecular complexity index is 1610. The fraction of sp³-hybridized carbons (Fsp3) is 0.286. The minimum atomic E-state index is -0.463. The molecule has 0 saturated carbocycles. The van der Waals surface area contributed by atoms with Gasteiger partial charge in [-0.15, -0.1) is 22.7 Å². The first-order valence-corrected chi connectivity index (χ1v) is 14.1. The second-order valence-corrected chi connectivity index (χ2v) is 11.3. The lowest BCUT2D eigenvalue weighted by molar-refractivity contribution is 0.0601. The Kier molecular flexibility index (Phi) is 7.06. The van der Waals surface area contributed by atoms with E-state index >= 15 is 0 Å². The van der Waals surface area contributed by atoms with E-state index < -0.39 is 11.9 Å². The summed E-state index contributed by atoms with van der Waals surface area (Å²) in [6.07, 6.45) is 5.65. The lowest BCUT2D eigenvalue weighted by atomic mass is 9.96. The van der Waals surface area contributed by atoms with Crippen LogP contribution < -0.4 is 16.8 Å². The summed E-state index contributed by atoms with van der Waals surface area (Å²) in [5, 5.41) is 13.8. The van der Waals surface area contributed by atoms with E-state index in [2.05, 4.69) is 23.3 Å². The Morgan fingerprint density at radius 2 is 1.87 bits per heavy atom. The minimum Gasteiger partial charge on any atom is -0.465 e. The van der Waals surface area contributed by atoms with Gasteiger partial charge < -0.3 is 21.5 Å². The Labute approximate surface area is 228 Å². The van der Waals surface area contributed by atoms with Crippen molar-refractivity contribution in [3.8, 4) is 17.2 Å². The Morgan fingerprint density at radius 3 is 2.55 bits per heavy atom. The number of pyridine rings is 1. The number of hydrogen-bond acceptors (Lipinski definition) is 9. The Balaban J connectivity index is 1.61. The Hall–Kier alpha value is -3.94. The number of nitrogens with one attached hydrogen (secondary N) is 1. The summed E-state index contributed by atoms with van der Waals surface area (Å²) >= 11 is 2.53. The van der Waals surface area contributed by atoms with Gasteiger partial charge >= 0.3 is 5.97 Å². The topological polar surface area (TPSA) is 144 Å². The number of rotatable bonds is 5.